The highest BCUT2D eigenvalue weighted by Gasteiger charge is 2.17. The van der Waals surface area contributed by atoms with Gasteiger partial charge in [-0.25, -0.2) is 0 Å². The highest BCUT2D eigenvalue weighted by atomic mass is 16.5. The minimum Gasteiger partial charge on any atom is -0.369 e. The number of rotatable bonds is 7. The fraction of sp³-hybridized carbons (Fsp3) is 0.318. The molecule has 0 aliphatic carbocycles. The van der Waals surface area contributed by atoms with Crippen LogP contribution >= 0.6 is 0 Å². The maximum absolute atomic E-state index is 12.3. The van der Waals surface area contributed by atoms with Crippen LogP contribution in [0.3, 0.4) is 0 Å². The van der Waals surface area contributed by atoms with E-state index in [2.05, 4.69) is 49.5 Å². The molecule has 1 aliphatic rings. The molecule has 2 aromatic heterocycles. The van der Waals surface area contributed by atoms with Crippen LogP contribution in [0.4, 0.5) is 5.69 Å². The number of amides is 1. The van der Waals surface area contributed by atoms with Gasteiger partial charge in [0, 0.05) is 62.4 Å². The molecule has 1 saturated heterocycles. The zero-order valence-electron chi connectivity index (χ0n) is 16.3. The second-order valence-electron chi connectivity index (χ2n) is 7.09. The lowest BCUT2D eigenvalue weighted by Gasteiger charge is -2.36. The van der Waals surface area contributed by atoms with Gasteiger partial charge in [0.25, 0.3) is 5.91 Å². The molecule has 1 aromatic carbocycles. The molecule has 4 rings (SSSR count). The van der Waals surface area contributed by atoms with Gasteiger partial charge in [-0.05, 0) is 37.2 Å². The molecule has 0 radical (unpaired) electrons. The number of aromatic nitrogens is 2. The number of pyridine rings is 1. The lowest BCUT2D eigenvalue weighted by atomic mass is 10.2. The molecule has 0 bridgehead atoms. The molecule has 1 aliphatic heterocycles. The zero-order chi connectivity index (χ0) is 19.9. The maximum atomic E-state index is 12.3. The van der Waals surface area contributed by atoms with Gasteiger partial charge >= 0.3 is 0 Å². The quantitative estimate of drug-likeness (QED) is 0.624. The van der Waals surface area contributed by atoms with Crippen LogP contribution in [-0.4, -0.2) is 60.2 Å². The first kappa shape index (κ1) is 19.1. The summed E-state index contributed by atoms with van der Waals surface area (Å²) in [6, 6.07) is 15.9. The van der Waals surface area contributed by atoms with Crippen LogP contribution in [0, 0.1) is 0 Å². The molecule has 0 unspecified atom stereocenters. The largest absolute Gasteiger partial charge is 0.369 e. The third-order valence-electron chi connectivity index (χ3n) is 5.12. The van der Waals surface area contributed by atoms with Crippen LogP contribution in [0.15, 0.2) is 65.4 Å². The summed E-state index contributed by atoms with van der Waals surface area (Å²) in [6.45, 7) is 5.75. The summed E-state index contributed by atoms with van der Waals surface area (Å²) in [5.41, 5.74) is 2.38. The maximum Gasteiger partial charge on any atom is 0.273 e. The van der Waals surface area contributed by atoms with Gasteiger partial charge in [-0.15, -0.1) is 0 Å². The average molecular weight is 391 g/mol. The Morgan fingerprint density at radius 3 is 2.66 bits per heavy atom. The van der Waals surface area contributed by atoms with E-state index in [9.17, 15) is 4.79 Å². The van der Waals surface area contributed by atoms with Crippen molar-refractivity contribution in [2.45, 2.75) is 6.42 Å². The predicted octanol–water partition coefficient (Wildman–Crippen LogP) is 2.68. The highest BCUT2D eigenvalue weighted by molar-refractivity contribution is 5.93. The minimum absolute atomic E-state index is 0.210. The smallest absolute Gasteiger partial charge is 0.273 e. The standard InChI is InChI=1S/C22H25N5O2/c28-22(20-16-21(29-25-20)18-6-4-9-23-17-18)24-10-5-11-26-12-14-27(15-13-26)19-7-2-1-3-8-19/h1-4,6-9,16-17H,5,10-15H2,(H,24,28). The molecule has 150 valence electrons. The van der Waals surface area contributed by atoms with Gasteiger partial charge in [-0.1, -0.05) is 23.4 Å². The molecule has 1 amide bonds. The van der Waals surface area contributed by atoms with E-state index in [4.69, 9.17) is 4.52 Å². The topological polar surface area (TPSA) is 74.5 Å². The van der Waals surface area contributed by atoms with Gasteiger partial charge in [-0.2, -0.15) is 0 Å². The third-order valence-corrected chi connectivity index (χ3v) is 5.12. The summed E-state index contributed by atoms with van der Waals surface area (Å²) < 4.78 is 5.26. The first-order chi connectivity index (χ1) is 14.3. The van der Waals surface area contributed by atoms with Crippen molar-refractivity contribution in [2.75, 3.05) is 44.2 Å². The zero-order valence-corrected chi connectivity index (χ0v) is 16.3. The number of carbonyl (C=O) groups is 1. The molecule has 0 atom stereocenters. The van der Waals surface area contributed by atoms with E-state index in [1.54, 1.807) is 18.5 Å². The molecule has 7 heteroatoms. The lowest BCUT2D eigenvalue weighted by molar-refractivity contribution is 0.0942. The summed E-state index contributed by atoms with van der Waals surface area (Å²) in [4.78, 5) is 21.2. The van der Waals surface area contributed by atoms with Crippen molar-refractivity contribution in [3.8, 4) is 11.3 Å². The van der Waals surface area contributed by atoms with Gasteiger partial charge in [0.15, 0.2) is 11.5 Å². The first-order valence-corrected chi connectivity index (χ1v) is 9.97. The third kappa shape index (κ3) is 5.00. The van der Waals surface area contributed by atoms with Crippen molar-refractivity contribution in [3.63, 3.8) is 0 Å². The normalized spacial score (nSPS) is 14.7. The average Bonchev–Trinajstić information content (AvgIpc) is 3.29. The van der Waals surface area contributed by atoms with E-state index in [0.29, 0.717) is 18.0 Å². The molecule has 29 heavy (non-hydrogen) atoms. The Morgan fingerprint density at radius 1 is 1.07 bits per heavy atom. The van der Waals surface area contributed by atoms with Crippen LogP contribution in [-0.2, 0) is 0 Å². The number of piperazine rings is 1. The monoisotopic (exact) mass is 391 g/mol. The second kappa shape index (κ2) is 9.34. The number of benzene rings is 1. The van der Waals surface area contributed by atoms with Gasteiger partial charge in [0.2, 0.25) is 0 Å². The van der Waals surface area contributed by atoms with E-state index in [0.717, 1.165) is 44.7 Å². The fourth-order valence-electron chi connectivity index (χ4n) is 3.49. The van der Waals surface area contributed by atoms with Crippen LogP contribution in [0.25, 0.3) is 11.3 Å². The molecular formula is C22H25N5O2. The molecule has 3 aromatic rings. The van der Waals surface area contributed by atoms with Gasteiger partial charge in [-0.3, -0.25) is 14.7 Å². The number of hydrogen-bond donors (Lipinski definition) is 1. The number of nitrogens with one attached hydrogen (secondary N) is 1. The summed E-state index contributed by atoms with van der Waals surface area (Å²) in [7, 11) is 0. The number of para-hydroxylation sites is 1. The number of nitrogens with zero attached hydrogens (tertiary/aromatic N) is 4. The van der Waals surface area contributed by atoms with Crippen molar-refractivity contribution in [1.82, 2.24) is 20.4 Å². The molecule has 0 saturated carbocycles. The van der Waals surface area contributed by atoms with Crippen molar-refractivity contribution >= 4 is 11.6 Å². The number of anilines is 1. The molecule has 1 N–H and O–H groups in total. The molecule has 0 spiro atoms. The van der Waals surface area contributed by atoms with E-state index in [1.807, 2.05) is 18.2 Å². The Kier molecular flexibility index (Phi) is 6.16. The van der Waals surface area contributed by atoms with Crippen molar-refractivity contribution in [1.29, 1.82) is 0 Å². The van der Waals surface area contributed by atoms with Crippen LogP contribution in [0.5, 0.6) is 0 Å². The Labute approximate surface area is 170 Å². The summed E-state index contributed by atoms with van der Waals surface area (Å²) in [5.74, 6) is 0.331. The van der Waals surface area contributed by atoms with Crippen LogP contribution in [0.2, 0.25) is 0 Å². The van der Waals surface area contributed by atoms with E-state index in [-0.39, 0.29) is 5.91 Å². The van der Waals surface area contributed by atoms with Gasteiger partial charge in [0.1, 0.15) is 0 Å². The van der Waals surface area contributed by atoms with E-state index >= 15 is 0 Å². The Hall–Kier alpha value is -3.19. The van der Waals surface area contributed by atoms with Crippen molar-refractivity contribution in [2.24, 2.45) is 0 Å². The fourth-order valence-corrected chi connectivity index (χ4v) is 3.49. The Morgan fingerprint density at radius 2 is 1.90 bits per heavy atom. The van der Waals surface area contributed by atoms with Crippen molar-refractivity contribution in [3.05, 3.63) is 66.6 Å². The van der Waals surface area contributed by atoms with E-state index < -0.39 is 0 Å². The highest BCUT2D eigenvalue weighted by Crippen LogP contribution is 2.19. The minimum atomic E-state index is -0.210. The second-order valence-corrected chi connectivity index (χ2v) is 7.09. The van der Waals surface area contributed by atoms with Crippen LogP contribution in [0.1, 0.15) is 16.9 Å². The summed E-state index contributed by atoms with van der Waals surface area (Å²) >= 11 is 0. The molecule has 3 heterocycles. The van der Waals surface area contributed by atoms with E-state index in [1.165, 1.54) is 5.69 Å². The number of carbonyl (C=O) groups excluding carboxylic acids is 1. The van der Waals surface area contributed by atoms with Gasteiger partial charge < -0.3 is 14.7 Å². The number of hydrogen-bond acceptors (Lipinski definition) is 6. The summed E-state index contributed by atoms with van der Waals surface area (Å²) in [6.07, 6.45) is 4.28. The van der Waals surface area contributed by atoms with Crippen molar-refractivity contribution < 1.29 is 9.32 Å². The Bertz CT molecular complexity index is 905. The molecule has 7 nitrogen and oxygen atoms in total. The van der Waals surface area contributed by atoms with Crippen LogP contribution < -0.4 is 10.2 Å². The Balaban J connectivity index is 1.17. The van der Waals surface area contributed by atoms with Gasteiger partial charge in [0.05, 0.1) is 0 Å². The predicted molar refractivity (Wildman–Crippen MR) is 112 cm³/mol. The first-order valence-electron chi connectivity index (χ1n) is 9.97. The molecule has 1 fully saturated rings. The molecular weight excluding hydrogens is 366 g/mol. The summed E-state index contributed by atoms with van der Waals surface area (Å²) in [5, 5.41) is 6.79. The SMILES string of the molecule is O=C(NCCCN1CCN(c2ccccc2)CC1)c1cc(-c2cccnc2)on1. The lowest BCUT2D eigenvalue weighted by Crippen LogP contribution is -2.47.